The van der Waals surface area contributed by atoms with Gasteiger partial charge < -0.3 is 4.74 Å². The maximum atomic E-state index is 13.0. The van der Waals surface area contributed by atoms with Crippen molar-refractivity contribution in [3.05, 3.63) is 94.5 Å². The molecule has 1 atom stereocenters. The van der Waals surface area contributed by atoms with Crippen molar-refractivity contribution in [2.45, 2.75) is 17.9 Å². The van der Waals surface area contributed by atoms with Crippen molar-refractivity contribution in [3.8, 4) is 5.75 Å². The van der Waals surface area contributed by atoms with Gasteiger partial charge in [-0.05, 0) is 41.8 Å². The zero-order valence-corrected chi connectivity index (χ0v) is 16.6. The lowest BCUT2D eigenvalue weighted by Gasteiger charge is -2.22. The molecule has 0 unspecified atom stereocenters. The first kappa shape index (κ1) is 19.4. The van der Waals surface area contributed by atoms with Gasteiger partial charge in [0.2, 0.25) is 10.0 Å². The molecule has 0 aliphatic rings. The highest BCUT2D eigenvalue weighted by molar-refractivity contribution is 7.89. The van der Waals surface area contributed by atoms with Crippen molar-refractivity contribution in [1.82, 2.24) is 4.72 Å². The molecule has 3 aromatic carbocycles. The lowest BCUT2D eigenvalue weighted by Crippen LogP contribution is -2.30. The fraction of sp³-hybridized carbons (Fsp3) is 0.143. The van der Waals surface area contributed by atoms with Crippen LogP contribution in [0.1, 0.15) is 22.7 Å². The van der Waals surface area contributed by atoms with Gasteiger partial charge in [-0.2, -0.15) is 4.72 Å². The summed E-state index contributed by atoms with van der Waals surface area (Å²) >= 11 is 6.11. The van der Waals surface area contributed by atoms with Gasteiger partial charge in [0, 0.05) is 0 Å². The molecular formula is C21H20ClNO3S. The molecule has 0 spiro atoms. The molecule has 0 aromatic heterocycles. The molecule has 4 nitrogen and oxygen atoms in total. The lowest BCUT2D eigenvalue weighted by atomic mass is 9.96. The molecule has 0 fully saturated rings. The fourth-order valence-corrected chi connectivity index (χ4v) is 4.46. The summed E-state index contributed by atoms with van der Waals surface area (Å²) in [5, 5.41) is 0.243. The molecule has 140 valence electrons. The molecule has 0 aliphatic carbocycles. The van der Waals surface area contributed by atoms with Gasteiger partial charge in [0.05, 0.1) is 23.1 Å². The van der Waals surface area contributed by atoms with Crippen LogP contribution in [0.4, 0.5) is 0 Å². The number of hydrogen-bond acceptors (Lipinski definition) is 3. The number of benzene rings is 3. The summed E-state index contributed by atoms with van der Waals surface area (Å²) < 4.78 is 34.0. The number of halogens is 1. The molecule has 3 aromatic rings. The topological polar surface area (TPSA) is 55.4 Å². The van der Waals surface area contributed by atoms with Gasteiger partial charge in [-0.25, -0.2) is 8.42 Å². The summed E-state index contributed by atoms with van der Waals surface area (Å²) in [4.78, 5) is 0.0859. The molecule has 0 heterocycles. The van der Waals surface area contributed by atoms with Gasteiger partial charge >= 0.3 is 0 Å². The SMILES string of the molecule is COc1ccc(S(=O)(=O)N[C@@H](c2ccccc2)c2ccccc2C)cc1Cl. The second-order valence-electron chi connectivity index (χ2n) is 6.12. The Balaban J connectivity index is 2.04. The zero-order chi connectivity index (χ0) is 19.4. The van der Waals surface area contributed by atoms with Crippen molar-refractivity contribution in [1.29, 1.82) is 0 Å². The number of methoxy groups -OCH3 is 1. The Morgan fingerprint density at radius 3 is 2.26 bits per heavy atom. The van der Waals surface area contributed by atoms with Crippen LogP contribution in [0.3, 0.4) is 0 Å². The minimum Gasteiger partial charge on any atom is -0.495 e. The summed E-state index contributed by atoms with van der Waals surface area (Å²) in [6.45, 7) is 1.96. The van der Waals surface area contributed by atoms with Gasteiger partial charge in [-0.3, -0.25) is 0 Å². The Bertz CT molecular complexity index is 1040. The number of ether oxygens (including phenoxy) is 1. The van der Waals surface area contributed by atoms with Crippen molar-refractivity contribution < 1.29 is 13.2 Å². The highest BCUT2D eigenvalue weighted by Crippen LogP contribution is 2.30. The van der Waals surface area contributed by atoms with Crippen molar-refractivity contribution in [3.63, 3.8) is 0 Å². The molecule has 0 amide bonds. The van der Waals surface area contributed by atoms with Crippen LogP contribution in [-0.2, 0) is 10.0 Å². The first-order valence-corrected chi connectivity index (χ1v) is 10.2. The molecule has 6 heteroatoms. The van der Waals surface area contributed by atoms with E-state index in [9.17, 15) is 8.42 Å². The molecule has 1 N–H and O–H groups in total. The summed E-state index contributed by atoms with van der Waals surface area (Å²) in [6.07, 6.45) is 0. The predicted molar refractivity (Wildman–Crippen MR) is 108 cm³/mol. The van der Waals surface area contributed by atoms with Crippen molar-refractivity contribution >= 4 is 21.6 Å². The van der Waals surface area contributed by atoms with Gasteiger partial charge in [0.25, 0.3) is 0 Å². The van der Waals surface area contributed by atoms with Crippen LogP contribution >= 0.6 is 11.6 Å². The number of hydrogen-bond donors (Lipinski definition) is 1. The van der Waals surface area contributed by atoms with Crippen molar-refractivity contribution in [2.24, 2.45) is 0 Å². The van der Waals surface area contributed by atoms with Gasteiger partial charge in [0.1, 0.15) is 5.75 Å². The van der Waals surface area contributed by atoms with Gasteiger partial charge in [-0.15, -0.1) is 0 Å². The number of aryl methyl sites for hydroxylation is 1. The third-order valence-electron chi connectivity index (χ3n) is 4.34. The van der Waals surface area contributed by atoms with E-state index in [4.69, 9.17) is 16.3 Å². The predicted octanol–water partition coefficient (Wildman–Crippen LogP) is 4.72. The van der Waals surface area contributed by atoms with Crippen LogP contribution < -0.4 is 9.46 Å². The number of sulfonamides is 1. The molecule has 0 saturated heterocycles. The minimum absolute atomic E-state index is 0.0859. The van der Waals surface area contributed by atoms with E-state index in [0.717, 1.165) is 16.7 Å². The average Bonchev–Trinajstić information content (AvgIpc) is 2.67. The fourth-order valence-electron chi connectivity index (χ4n) is 2.90. The van der Waals surface area contributed by atoms with Crippen LogP contribution in [0.25, 0.3) is 0 Å². The van der Waals surface area contributed by atoms with Crippen LogP contribution in [0.15, 0.2) is 77.7 Å². The normalized spacial score (nSPS) is 12.6. The van der Waals surface area contributed by atoms with E-state index < -0.39 is 16.1 Å². The maximum absolute atomic E-state index is 13.0. The summed E-state index contributed by atoms with van der Waals surface area (Å²) in [5.41, 5.74) is 2.75. The number of rotatable bonds is 6. The molecule has 27 heavy (non-hydrogen) atoms. The van der Waals surface area contributed by atoms with E-state index in [1.807, 2.05) is 61.5 Å². The van der Waals surface area contributed by atoms with Crippen LogP contribution in [-0.4, -0.2) is 15.5 Å². The highest BCUT2D eigenvalue weighted by atomic mass is 35.5. The molecular weight excluding hydrogens is 382 g/mol. The van der Waals surface area contributed by atoms with Crippen LogP contribution in [0.5, 0.6) is 5.75 Å². The third kappa shape index (κ3) is 4.33. The van der Waals surface area contributed by atoms with Crippen LogP contribution in [0, 0.1) is 6.92 Å². The number of nitrogens with one attached hydrogen (secondary N) is 1. The third-order valence-corrected chi connectivity index (χ3v) is 6.05. The van der Waals surface area contributed by atoms with E-state index in [0.29, 0.717) is 5.75 Å². The summed E-state index contributed by atoms with van der Waals surface area (Å²) in [5.74, 6) is 0.425. The van der Waals surface area contributed by atoms with Gasteiger partial charge in [0.15, 0.2) is 0 Å². The zero-order valence-electron chi connectivity index (χ0n) is 15.0. The second kappa shape index (κ2) is 8.13. The van der Waals surface area contributed by atoms with E-state index in [1.165, 1.54) is 19.2 Å². The molecule has 0 bridgehead atoms. The highest BCUT2D eigenvalue weighted by Gasteiger charge is 2.24. The molecule has 0 aliphatic heterocycles. The van der Waals surface area contributed by atoms with E-state index in [1.54, 1.807) is 6.07 Å². The Morgan fingerprint density at radius 2 is 1.63 bits per heavy atom. The lowest BCUT2D eigenvalue weighted by molar-refractivity contribution is 0.414. The minimum atomic E-state index is -3.81. The quantitative estimate of drug-likeness (QED) is 0.649. The second-order valence-corrected chi connectivity index (χ2v) is 8.24. The standard InChI is InChI=1S/C21H20ClNO3S/c1-15-8-6-7-11-18(15)21(16-9-4-3-5-10-16)23-27(24,25)17-12-13-20(26-2)19(22)14-17/h3-14,21,23H,1-2H3/t21-/m0/s1. The Morgan fingerprint density at radius 1 is 0.963 bits per heavy atom. The molecule has 0 radical (unpaired) electrons. The Labute approximate surface area is 164 Å². The van der Waals surface area contributed by atoms with Crippen molar-refractivity contribution in [2.75, 3.05) is 7.11 Å². The first-order valence-electron chi connectivity index (χ1n) is 8.39. The Hall–Kier alpha value is -2.34. The Kier molecular flexibility index (Phi) is 5.85. The maximum Gasteiger partial charge on any atom is 0.241 e. The molecule has 0 saturated carbocycles. The van der Waals surface area contributed by atoms with E-state index in [-0.39, 0.29) is 9.92 Å². The summed E-state index contributed by atoms with van der Waals surface area (Å²) in [6, 6.07) is 21.1. The monoisotopic (exact) mass is 401 g/mol. The average molecular weight is 402 g/mol. The smallest absolute Gasteiger partial charge is 0.241 e. The van der Waals surface area contributed by atoms with E-state index in [2.05, 4.69) is 4.72 Å². The summed E-state index contributed by atoms with van der Waals surface area (Å²) in [7, 11) is -2.33. The first-order chi connectivity index (χ1) is 12.9. The molecule has 3 rings (SSSR count). The van der Waals surface area contributed by atoms with Crippen LogP contribution in [0.2, 0.25) is 5.02 Å². The van der Waals surface area contributed by atoms with E-state index >= 15 is 0 Å². The largest absolute Gasteiger partial charge is 0.495 e. The van der Waals surface area contributed by atoms with Gasteiger partial charge in [-0.1, -0.05) is 66.2 Å².